The summed E-state index contributed by atoms with van der Waals surface area (Å²) in [6.45, 7) is 0.360. The zero-order valence-corrected chi connectivity index (χ0v) is 12.6. The standard InChI is InChI=1S/C18H13N3O3/c22-16-11-4-1-2-6-14(11)19-9-13(16)18(24)21-15-7-3-5-10-12(15)8-20-17(10)23/h1-7,9H,8H2,(H,19,22)(H,20,23)(H,21,24). The Labute approximate surface area is 136 Å². The van der Waals surface area contributed by atoms with Gasteiger partial charge in [-0.1, -0.05) is 18.2 Å². The first-order valence-corrected chi connectivity index (χ1v) is 7.47. The predicted molar refractivity (Wildman–Crippen MR) is 90.1 cm³/mol. The second-order valence-corrected chi connectivity index (χ2v) is 5.55. The number of para-hydroxylation sites is 1. The Morgan fingerprint density at radius 1 is 1.04 bits per heavy atom. The van der Waals surface area contributed by atoms with Crippen molar-refractivity contribution in [3.05, 3.63) is 75.6 Å². The van der Waals surface area contributed by atoms with Crippen molar-refractivity contribution in [1.29, 1.82) is 0 Å². The summed E-state index contributed by atoms with van der Waals surface area (Å²) in [5.74, 6) is -0.667. The molecule has 1 aromatic heterocycles. The maximum absolute atomic E-state index is 12.5. The van der Waals surface area contributed by atoms with Gasteiger partial charge in [-0.3, -0.25) is 14.4 Å². The van der Waals surface area contributed by atoms with E-state index >= 15 is 0 Å². The largest absolute Gasteiger partial charge is 0.360 e. The van der Waals surface area contributed by atoms with E-state index in [1.807, 2.05) is 6.07 Å². The molecule has 0 bridgehead atoms. The van der Waals surface area contributed by atoms with Gasteiger partial charge in [-0.05, 0) is 24.3 Å². The number of anilines is 1. The van der Waals surface area contributed by atoms with Crippen LogP contribution in [-0.2, 0) is 6.54 Å². The molecule has 2 heterocycles. The molecular formula is C18H13N3O3. The molecule has 0 aliphatic carbocycles. The summed E-state index contributed by atoms with van der Waals surface area (Å²) >= 11 is 0. The highest BCUT2D eigenvalue weighted by molar-refractivity contribution is 6.08. The van der Waals surface area contributed by atoms with Crippen LogP contribution in [0, 0.1) is 0 Å². The zero-order valence-electron chi connectivity index (χ0n) is 12.6. The molecule has 0 radical (unpaired) electrons. The molecule has 0 saturated carbocycles. The van der Waals surface area contributed by atoms with Crippen LogP contribution in [0.5, 0.6) is 0 Å². The first kappa shape index (κ1) is 14.2. The summed E-state index contributed by atoms with van der Waals surface area (Å²) < 4.78 is 0. The van der Waals surface area contributed by atoms with Crippen molar-refractivity contribution in [2.24, 2.45) is 0 Å². The lowest BCUT2D eigenvalue weighted by Crippen LogP contribution is -2.22. The van der Waals surface area contributed by atoms with Crippen molar-refractivity contribution in [3.8, 4) is 0 Å². The molecule has 0 spiro atoms. The number of carbonyl (C=O) groups is 2. The van der Waals surface area contributed by atoms with Gasteiger partial charge in [-0.15, -0.1) is 0 Å². The second kappa shape index (κ2) is 5.34. The summed E-state index contributed by atoms with van der Waals surface area (Å²) in [7, 11) is 0. The fourth-order valence-corrected chi connectivity index (χ4v) is 2.90. The lowest BCUT2D eigenvalue weighted by Gasteiger charge is -2.09. The molecule has 1 aliphatic heterocycles. The summed E-state index contributed by atoms with van der Waals surface area (Å²) in [5.41, 5.74) is 2.18. The Hall–Kier alpha value is -3.41. The van der Waals surface area contributed by atoms with Crippen molar-refractivity contribution in [2.75, 3.05) is 5.32 Å². The van der Waals surface area contributed by atoms with Crippen LogP contribution in [0.15, 0.2) is 53.5 Å². The number of pyridine rings is 1. The molecule has 3 aromatic rings. The summed E-state index contributed by atoms with van der Waals surface area (Å²) in [6, 6.07) is 12.1. The lowest BCUT2D eigenvalue weighted by atomic mass is 10.1. The van der Waals surface area contributed by atoms with E-state index in [9.17, 15) is 14.4 Å². The fraction of sp³-hybridized carbons (Fsp3) is 0.0556. The Balaban J connectivity index is 1.73. The maximum atomic E-state index is 12.5. The van der Waals surface area contributed by atoms with Gasteiger partial charge in [0.25, 0.3) is 11.8 Å². The molecule has 24 heavy (non-hydrogen) atoms. The number of carbonyl (C=O) groups excluding carboxylic acids is 2. The molecule has 3 N–H and O–H groups in total. The van der Waals surface area contributed by atoms with E-state index in [1.165, 1.54) is 6.20 Å². The topological polar surface area (TPSA) is 91.1 Å². The van der Waals surface area contributed by atoms with E-state index in [1.54, 1.807) is 36.4 Å². The number of nitrogens with one attached hydrogen (secondary N) is 3. The molecule has 0 unspecified atom stereocenters. The van der Waals surface area contributed by atoms with Crippen molar-refractivity contribution in [1.82, 2.24) is 10.3 Å². The van der Waals surface area contributed by atoms with Gasteiger partial charge in [0.05, 0.1) is 0 Å². The first-order chi connectivity index (χ1) is 11.6. The van der Waals surface area contributed by atoms with Gasteiger partial charge in [-0.25, -0.2) is 0 Å². The number of H-pyrrole nitrogens is 1. The van der Waals surface area contributed by atoms with Gasteiger partial charge < -0.3 is 15.6 Å². The number of benzene rings is 2. The average Bonchev–Trinajstić information content (AvgIpc) is 2.98. The number of hydrogen-bond acceptors (Lipinski definition) is 3. The van der Waals surface area contributed by atoms with E-state index < -0.39 is 5.91 Å². The van der Waals surface area contributed by atoms with Crippen molar-refractivity contribution in [2.45, 2.75) is 6.54 Å². The molecular weight excluding hydrogens is 306 g/mol. The van der Waals surface area contributed by atoms with Crippen LogP contribution in [-0.4, -0.2) is 16.8 Å². The van der Waals surface area contributed by atoms with E-state index in [0.29, 0.717) is 28.7 Å². The SMILES string of the molecule is O=C1NCc2c(NC(=O)c3c[nH]c4ccccc4c3=O)cccc21. The van der Waals surface area contributed by atoms with Crippen LogP contribution in [0.2, 0.25) is 0 Å². The minimum absolute atomic E-state index is 0.0311. The third-order valence-corrected chi connectivity index (χ3v) is 4.13. The second-order valence-electron chi connectivity index (χ2n) is 5.55. The highest BCUT2D eigenvalue weighted by Crippen LogP contribution is 2.24. The quantitative estimate of drug-likeness (QED) is 0.675. The number of rotatable bonds is 2. The van der Waals surface area contributed by atoms with E-state index in [-0.39, 0.29) is 16.9 Å². The Morgan fingerprint density at radius 2 is 1.88 bits per heavy atom. The minimum atomic E-state index is -0.505. The lowest BCUT2D eigenvalue weighted by molar-refractivity contribution is 0.0964. The molecule has 1 aliphatic rings. The van der Waals surface area contributed by atoms with Crippen molar-refractivity contribution in [3.63, 3.8) is 0 Å². The molecule has 118 valence electrons. The maximum Gasteiger partial charge on any atom is 0.261 e. The monoisotopic (exact) mass is 319 g/mol. The van der Waals surface area contributed by atoms with E-state index in [2.05, 4.69) is 15.6 Å². The normalized spacial score (nSPS) is 12.8. The van der Waals surface area contributed by atoms with Crippen LogP contribution in [0.4, 0.5) is 5.69 Å². The van der Waals surface area contributed by atoms with Crippen LogP contribution >= 0.6 is 0 Å². The van der Waals surface area contributed by atoms with Gasteiger partial charge in [0.15, 0.2) is 0 Å². The number of aromatic amines is 1. The average molecular weight is 319 g/mol. The molecule has 6 nitrogen and oxygen atoms in total. The molecule has 2 aromatic carbocycles. The minimum Gasteiger partial charge on any atom is -0.360 e. The Kier molecular flexibility index (Phi) is 3.16. The third-order valence-electron chi connectivity index (χ3n) is 4.13. The first-order valence-electron chi connectivity index (χ1n) is 7.47. The van der Waals surface area contributed by atoms with Gasteiger partial charge in [0.1, 0.15) is 5.56 Å². The molecule has 4 rings (SSSR count). The molecule has 2 amide bonds. The van der Waals surface area contributed by atoms with Crippen molar-refractivity contribution < 1.29 is 9.59 Å². The molecule has 0 saturated heterocycles. The van der Waals surface area contributed by atoms with E-state index in [0.717, 1.165) is 5.56 Å². The highest BCUT2D eigenvalue weighted by Gasteiger charge is 2.23. The number of hydrogen-bond donors (Lipinski definition) is 3. The number of aromatic nitrogens is 1. The molecule has 6 heteroatoms. The Morgan fingerprint density at radius 3 is 2.75 bits per heavy atom. The van der Waals surface area contributed by atoms with Gasteiger partial charge in [0.2, 0.25) is 5.43 Å². The molecule has 0 fully saturated rings. The van der Waals surface area contributed by atoms with Gasteiger partial charge in [0, 0.05) is 40.5 Å². The number of fused-ring (bicyclic) bond motifs is 2. The van der Waals surface area contributed by atoms with Crippen LogP contribution in [0.25, 0.3) is 10.9 Å². The molecule has 0 atom stereocenters. The Bertz CT molecular complexity index is 1050. The number of amides is 2. The van der Waals surface area contributed by atoms with Crippen LogP contribution < -0.4 is 16.1 Å². The zero-order chi connectivity index (χ0) is 16.7. The third kappa shape index (κ3) is 2.16. The summed E-state index contributed by atoms with van der Waals surface area (Å²) in [6.07, 6.45) is 1.41. The summed E-state index contributed by atoms with van der Waals surface area (Å²) in [4.78, 5) is 39.7. The summed E-state index contributed by atoms with van der Waals surface area (Å²) in [5, 5.41) is 5.91. The van der Waals surface area contributed by atoms with E-state index in [4.69, 9.17) is 0 Å². The van der Waals surface area contributed by atoms with Crippen LogP contribution in [0.1, 0.15) is 26.3 Å². The van der Waals surface area contributed by atoms with Crippen molar-refractivity contribution >= 4 is 28.4 Å². The van der Waals surface area contributed by atoms with Gasteiger partial charge >= 0.3 is 0 Å². The fourth-order valence-electron chi connectivity index (χ4n) is 2.90. The smallest absolute Gasteiger partial charge is 0.261 e. The highest BCUT2D eigenvalue weighted by atomic mass is 16.2. The van der Waals surface area contributed by atoms with Gasteiger partial charge in [-0.2, -0.15) is 0 Å². The predicted octanol–water partition coefficient (Wildman–Crippen LogP) is 2.02. The van der Waals surface area contributed by atoms with Crippen LogP contribution in [0.3, 0.4) is 0 Å².